The van der Waals surface area contributed by atoms with Crippen LogP contribution < -0.4 is 5.32 Å². The van der Waals surface area contributed by atoms with Crippen LogP contribution in [0.5, 0.6) is 0 Å². The number of allylic oxidation sites excluding steroid dienone is 1. The van der Waals surface area contributed by atoms with E-state index in [1.54, 1.807) is 0 Å². The molecule has 0 saturated carbocycles. The third-order valence-electron chi connectivity index (χ3n) is 2.72. The second-order valence-corrected chi connectivity index (χ2v) is 8.16. The summed E-state index contributed by atoms with van der Waals surface area (Å²) in [7, 11) is 0. The number of thioether (sulfide) groups is 1. The molecule has 0 aliphatic carbocycles. The van der Waals surface area contributed by atoms with E-state index in [0.29, 0.717) is 5.03 Å². The standard InChI is InChI=1S/C15H24N2O3S/c1-14(2,3)10(18)7-13-17(12(20)9-21-13)8-11(19)16-15(4,5)6/h7H,8-9H2,1-6H3,(H,16,19). The molecule has 0 aromatic rings. The van der Waals surface area contributed by atoms with E-state index < -0.39 is 5.41 Å². The topological polar surface area (TPSA) is 66.5 Å². The molecule has 21 heavy (non-hydrogen) atoms. The molecule has 1 rings (SSSR count). The minimum absolute atomic E-state index is 0.0492. The molecule has 0 spiro atoms. The minimum atomic E-state index is -0.501. The summed E-state index contributed by atoms with van der Waals surface area (Å²) in [4.78, 5) is 37.3. The van der Waals surface area contributed by atoms with Crippen LogP contribution in [-0.4, -0.2) is 40.3 Å². The summed E-state index contributed by atoms with van der Waals surface area (Å²) in [5, 5.41) is 3.38. The van der Waals surface area contributed by atoms with Gasteiger partial charge in [0.1, 0.15) is 6.54 Å². The number of carbonyl (C=O) groups excluding carboxylic acids is 3. The van der Waals surface area contributed by atoms with Gasteiger partial charge in [0.25, 0.3) is 0 Å². The zero-order valence-electron chi connectivity index (χ0n) is 13.6. The molecule has 0 radical (unpaired) electrons. The highest BCUT2D eigenvalue weighted by Gasteiger charge is 2.31. The maximum Gasteiger partial charge on any atom is 0.240 e. The lowest BCUT2D eigenvalue weighted by atomic mass is 9.91. The fourth-order valence-electron chi connectivity index (χ4n) is 1.63. The Hall–Kier alpha value is -1.30. The van der Waals surface area contributed by atoms with Gasteiger partial charge in [0.15, 0.2) is 5.78 Å². The summed E-state index contributed by atoms with van der Waals surface area (Å²) >= 11 is 1.30. The molecule has 0 atom stereocenters. The molecule has 6 heteroatoms. The fraction of sp³-hybridized carbons (Fsp3) is 0.667. The van der Waals surface area contributed by atoms with E-state index >= 15 is 0 Å². The van der Waals surface area contributed by atoms with Gasteiger partial charge in [-0.2, -0.15) is 0 Å². The first-order valence-corrected chi connectivity index (χ1v) is 7.89. The Labute approximate surface area is 130 Å². The van der Waals surface area contributed by atoms with Crippen molar-refractivity contribution >= 4 is 29.4 Å². The van der Waals surface area contributed by atoms with Crippen molar-refractivity contribution in [2.24, 2.45) is 5.41 Å². The van der Waals surface area contributed by atoms with Crippen molar-refractivity contribution < 1.29 is 14.4 Å². The third-order valence-corrected chi connectivity index (χ3v) is 3.75. The van der Waals surface area contributed by atoms with Crippen molar-refractivity contribution in [1.29, 1.82) is 0 Å². The van der Waals surface area contributed by atoms with Crippen LogP contribution in [0.4, 0.5) is 0 Å². The summed E-state index contributed by atoms with van der Waals surface area (Å²) < 4.78 is 0. The Bertz CT molecular complexity index is 484. The Kier molecular flexibility index (Phi) is 5.25. The monoisotopic (exact) mass is 312 g/mol. The quantitative estimate of drug-likeness (QED) is 0.809. The number of rotatable bonds is 3. The van der Waals surface area contributed by atoms with Gasteiger partial charge in [0, 0.05) is 17.0 Å². The molecule has 0 unspecified atom stereocenters. The van der Waals surface area contributed by atoms with E-state index in [1.165, 1.54) is 22.7 Å². The molecule has 1 N–H and O–H groups in total. The lowest BCUT2D eigenvalue weighted by molar-refractivity contribution is -0.132. The molecule has 1 heterocycles. The average Bonchev–Trinajstić information content (AvgIpc) is 2.57. The molecule has 2 amide bonds. The molecule has 0 bridgehead atoms. The fourth-order valence-corrected chi connectivity index (χ4v) is 2.57. The van der Waals surface area contributed by atoms with Crippen LogP contribution in [0.1, 0.15) is 41.5 Å². The molecular formula is C15H24N2O3S. The number of amides is 2. The Morgan fingerprint density at radius 2 is 1.81 bits per heavy atom. The zero-order chi connectivity index (χ0) is 16.4. The van der Waals surface area contributed by atoms with Crippen molar-refractivity contribution in [3.05, 3.63) is 11.1 Å². The predicted octanol–water partition coefficient (Wildman–Crippen LogP) is 1.93. The molecule has 1 aliphatic rings. The molecule has 5 nitrogen and oxygen atoms in total. The van der Waals surface area contributed by atoms with Crippen molar-refractivity contribution in [1.82, 2.24) is 10.2 Å². The van der Waals surface area contributed by atoms with Crippen LogP contribution in [-0.2, 0) is 14.4 Å². The van der Waals surface area contributed by atoms with Gasteiger partial charge in [-0.25, -0.2) is 0 Å². The van der Waals surface area contributed by atoms with Gasteiger partial charge in [-0.3, -0.25) is 19.3 Å². The number of ketones is 1. The number of nitrogens with one attached hydrogen (secondary N) is 1. The second kappa shape index (κ2) is 6.22. The van der Waals surface area contributed by atoms with Crippen molar-refractivity contribution in [3.63, 3.8) is 0 Å². The molecule has 118 valence electrons. The molecular weight excluding hydrogens is 288 g/mol. The molecule has 1 aliphatic heterocycles. The minimum Gasteiger partial charge on any atom is -0.350 e. The first kappa shape index (κ1) is 17.8. The van der Waals surface area contributed by atoms with E-state index in [-0.39, 0.29) is 35.4 Å². The van der Waals surface area contributed by atoms with Crippen molar-refractivity contribution in [2.45, 2.75) is 47.1 Å². The largest absolute Gasteiger partial charge is 0.350 e. The summed E-state index contributed by atoms with van der Waals surface area (Å²) in [6, 6.07) is 0. The van der Waals surface area contributed by atoms with Crippen LogP contribution in [0.3, 0.4) is 0 Å². The smallest absolute Gasteiger partial charge is 0.240 e. The van der Waals surface area contributed by atoms with Crippen molar-refractivity contribution in [2.75, 3.05) is 12.3 Å². The first-order valence-electron chi connectivity index (χ1n) is 6.90. The van der Waals surface area contributed by atoms with Crippen LogP contribution >= 0.6 is 11.8 Å². The molecule has 0 aromatic carbocycles. The van der Waals surface area contributed by atoms with Crippen LogP contribution in [0.15, 0.2) is 11.1 Å². The maximum absolute atomic E-state index is 12.1. The van der Waals surface area contributed by atoms with Crippen LogP contribution in [0, 0.1) is 5.41 Å². The molecule has 1 fully saturated rings. The third kappa shape index (κ3) is 5.53. The van der Waals surface area contributed by atoms with E-state index in [9.17, 15) is 14.4 Å². The second-order valence-electron chi connectivity index (χ2n) is 7.16. The highest BCUT2D eigenvalue weighted by molar-refractivity contribution is 8.04. The average molecular weight is 312 g/mol. The maximum atomic E-state index is 12.1. The van der Waals surface area contributed by atoms with E-state index in [2.05, 4.69) is 5.32 Å². The molecule has 0 aromatic heterocycles. The van der Waals surface area contributed by atoms with Gasteiger partial charge in [0.05, 0.1) is 10.8 Å². The van der Waals surface area contributed by atoms with Crippen LogP contribution in [0.2, 0.25) is 0 Å². The van der Waals surface area contributed by atoms with Gasteiger partial charge < -0.3 is 5.32 Å². The van der Waals surface area contributed by atoms with Crippen LogP contribution in [0.25, 0.3) is 0 Å². The van der Waals surface area contributed by atoms with E-state index in [0.717, 1.165) is 0 Å². The Morgan fingerprint density at radius 1 is 1.24 bits per heavy atom. The Morgan fingerprint density at radius 3 is 2.29 bits per heavy atom. The number of hydrogen-bond acceptors (Lipinski definition) is 4. The van der Waals surface area contributed by atoms with E-state index in [1.807, 2.05) is 41.5 Å². The van der Waals surface area contributed by atoms with Gasteiger partial charge in [0.2, 0.25) is 11.8 Å². The lowest BCUT2D eigenvalue weighted by Crippen LogP contribution is -2.46. The Balaban J connectivity index is 2.83. The van der Waals surface area contributed by atoms with Gasteiger partial charge in [-0.1, -0.05) is 32.5 Å². The first-order chi connectivity index (χ1) is 9.40. The lowest BCUT2D eigenvalue weighted by Gasteiger charge is -2.23. The van der Waals surface area contributed by atoms with E-state index in [4.69, 9.17) is 0 Å². The highest BCUT2D eigenvalue weighted by Crippen LogP contribution is 2.30. The van der Waals surface area contributed by atoms with Gasteiger partial charge in [-0.15, -0.1) is 0 Å². The predicted molar refractivity (Wildman–Crippen MR) is 84.6 cm³/mol. The van der Waals surface area contributed by atoms with Gasteiger partial charge >= 0.3 is 0 Å². The summed E-state index contributed by atoms with van der Waals surface area (Å²) in [5.74, 6) is -0.156. The van der Waals surface area contributed by atoms with Gasteiger partial charge in [-0.05, 0) is 20.8 Å². The number of carbonyl (C=O) groups is 3. The summed E-state index contributed by atoms with van der Waals surface area (Å²) in [5.41, 5.74) is -0.851. The normalized spacial score (nSPS) is 18.3. The zero-order valence-corrected chi connectivity index (χ0v) is 14.4. The summed E-state index contributed by atoms with van der Waals surface area (Å²) in [6.45, 7) is 11.1. The molecule has 1 saturated heterocycles. The van der Waals surface area contributed by atoms with Crippen molar-refractivity contribution in [3.8, 4) is 0 Å². The SMILES string of the molecule is CC(C)(C)NC(=O)CN1C(=O)CSC1=CC(=O)C(C)(C)C. The number of hydrogen-bond donors (Lipinski definition) is 1. The summed E-state index contributed by atoms with van der Waals surface area (Å²) in [6.07, 6.45) is 1.47. The highest BCUT2D eigenvalue weighted by atomic mass is 32.2. The number of nitrogens with zero attached hydrogens (tertiary/aromatic N) is 1.